The van der Waals surface area contributed by atoms with Crippen LogP contribution in [0.15, 0.2) is 97.2 Å². The normalized spacial score (nSPS) is 24.5. The van der Waals surface area contributed by atoms with Gasteiger partial charge >= 0.3 is 0 Å². The van der Waals surface area contributed by atoms with Crippen molar-refractivity contribution in [1.29, 1.82) is 0 Å². The van der Waals surface area contributed by atoms with Gasteiger partial charge in [0.2, 0.25) is 0 Å². The molecule has 1 aromatic heterocycles. The van der Waals surface area contributed by atoms with Crippen molar-refractivity contribution in [3.05, 3.63) is 120 Å². The number of hydrogen-bond donors (Lipinski definition) is 1. The largest absolute Gasteiger partial charge is 0.394 e. The van der Waals surface area contributed by atoms with E-state index in [2.05, 4.69) is 104 Å². The van der Waals surface area contributed by atoms with E-state index in [-0.39, 0.29) is 39.6 Å². The van der Waals surface area contributed by atoms with Crippen molar-refractivity contribution in [3.8, 4) is 34.4 Å². The third kappa shape index (κ3) is 18.6. The zero-order valence-electron chi connectivity index (χ0n) is 43.7. The van der Waals surface area contributed by atoms with Crippen molar-refractivity contribution in [2.45, 2.75) is 147 Å². The van der Waals surface area contributed by atoms with Crippen molar-refractivity contribution in [2.24, 2.45) is 0 Å². The fourth-order valence-electron chi connectivity index (χ4n) is 7.99. The maximum Gasteiger partial charge on any atom is 0.186 e. The Labute approximate surface area is 430 Å². The van der Waals surface area contributed by atoms with E-state index in [0.717, 1.165) is 16.7 Å². The Hall–Kier alpha value is -4.31. The van der Waals surface area contributed by atoms with Crippen molar-refractivity contribution in [3.63, 3.8) is 0 Å². The summed E-state index contributed by atoms with van der Waals surface area (Å²) in [6, 6.07) is 29.9. The second-order valence-corrected chi connectivity index (χ2v) is 35.2. The summed E-state index contributed by atoms with van der Waals surface area (Å²) in [6.07, 6.45) is -5.65. The van der Waals surface area contributed by atoms with Gasteiger partial charge in [0.05, 0.1) is 45.8 Å². The number of ether oxygens (including phenoxy) is 10. The van der Waals surface area contributed by atoms with Crippen molar-refractivity contribution in [2.75, 3.05) is 40.1 Å². The summed E-state index contributed by atoms with van der Waals surface area (Å²) in [6.45, 7) is 20.6. The van der Waals surface area contributed by atoms with Crippen LogP contribution in [0.25, 0.3) is 0 Å². The lowest BCUT2D eigenvalue weighted by Crippen LogP contribution is -2.61. The topological polar surface area (TPSA) is 143 Å². The molecular formula is C55H75N3O11Si3. The van der Waals surface area contributed by atoms with Gasteiger partial charge in [0, 0.05) is 7.11 Å². The minimum atomic E-state index is -1.72. The van der Waals surface area contributed by atoms with Crippen LogP contribution >= 0.6 is 0 Å². The molecule has 3 aromatic carbocycles. The van der Waals surface area contributed by atoms with Gasteiger partial charge in [-0.2, -0.15) is 0 Å². The maximum absolute atomic E-state index is 10.8. The minimum absolute atomic E-state index is 0.0590. The molecule has 4 aromatic rings. The van der Waals surface area contributed by atoms with Gasteiger partial charge in [-0.1, -0.05) is 173 Å². The van der Waals surface area contributed by atoms with Crippen molar-refractivity contribution < 1.29 is 52.5 Å². The van der Waals surface area contributed by atoms with E-state index in [1.807, 2.05) is 91.0 Å². The lowest BCUT2D eigenvalue weighted by atomic mass is 9.97. The van der Waals surface area contributed by atoms with Gasteiger partial charge in [-0.05, 0) is 16.7 Å². The number of nitrogens with zero attached hydrogens (tertiary/aromatic N) is 3. The van der Waals surface area contributed by atoms with Crippen LogP contribution in [0.3, 0.4) is 0 Å². The molecule has 3 heterocycles. The first-order valence-electron chi connectivity index (χ1n) is 24.7. The molecule has 6 rings (SSSR count). The minimum Gasteiger partial charge on any atom is -0.394 e. The lowest BCUT2D eigenvalue weighted by molar-refractivity contribution is -0.323. The summed E-state index contributed by atoms with van der Waals surface area (Å²) < 4.78 is 67.0. The van der Waals surface area contributed by atoms with Gasteiger partial charge in [0.25, 0.3) is 0 Å². The van der Waals surface area contributed by atoms with E-state index in [0.29, 0.717) is 25.5 Å². The summed E-state index contributed by atoms with van der Waals surface area (Å²) in [5.41, 5.74) is 13.6. The summed E-state index contributed by atoms with van der Waals surface area (Å²) in [5.74, 6) is 9.64. The highest BCUT2D eigenvalue weighted by Gasteiger charge is 2.50. The monoisotopic (exact) mass is 1040 g/mol. The van der Waals surface area contributed by atoms with Crippen LogP contribution in [0, 0.1) is 34.4 Å². The number of aliphatic hydroxyl groups is 1. The number of methoxy groups -OCH3 is 1. The molecule has 17 heteroatoms. The van der Waals surface area contributed by atoms with Crippen molar-refractivity contribution >= 4 is 24.2 Å². The molecule has 0 unspecified atom stereocenters. The van der Waals surface area contributed by atoms with Crippen LogP contribution in [0.5, 0.6) is 0 Å². The molecule has 14 nitrogen and oxygen atoms in total. The smallest absolute Gasteiger partial charge is 0.186 e. The van der Waals surface area contributed by atoms with Crippen molar-refractivity contribution in [1.82, 2.24) is 15.0 Å². The van der Waals surface area contributed by atoms with Crippen LogP contribution in [-0.4, -0.2) is 140 Å². The van der Waals surface area contributed by atoms with Crippen LogP contribution < -0.4 is 0 Å². The summed E-state index contributed by atoms with van der Waals surface area (Å²) in [5, 5.41) is 19.9. The first-order chi connectivity index (χ1) is 34.5. The molecule has 388 valence electrons. The second-order valence-electron chi connectivity index (χ2n) is 21.0. The number of aromatic nitrogens is 3. The van der Waals surface area contributed by atoms with Crippen LogP contribution in [-0.2, 0) is 73.8 Å². The molecule has 2 saturated heterocycles. The van der Waals surface area contributed by atoms with Gasteiger partial charge in [-0.3, -0.25) is 0 Å². The molecule has 0 amide bonds. The third-order valence-electron chi connectivity index (χ3n) is 11.3. The molecule has 10 atom stereocenters. The van der Waals surface area contributed by atoms with E-state index in [1.54, 1.807) is 18.0 Å². The Bertz CT molecular complexity index is 2420. The highest BCUT2D eigenvalue weighted by molar-refractivity contribution is 6.84. The lowest BCUT2D eigenvalue weighted by Gasteiger charge is -2.45. The van der Waals surface area contributed by atoms with Gasteiger partial charge in [0.15, 0.2) is 12.5 Å². The molecular weight excluding hydrogens is 963 g/mol. The fraction of sp³-hybridized carbons (Fsp3) is 0.527. The molecule has 0 radical (unpaired) electrons. The number of rotatable bonds is 22. The summed E-state index contributed by atoms with van der Waals surface area (Å²) in [7, 11) is -3.50. The van der Waals surface area contributed by atoms with E-state index >= 15 is 0 Å². The van der Waals surface area contributed by atoms with E-state index in [1.165, 1.54) is 0 Å². The molecule has 2 fully saturated rings. The first kappa shape index (κ1) is 57.0. The Morgan fingerprint density at radius 2 is 0.958 bits per heavy atom. The number of aliphatic hydroxyl groups excluding tert-OH is 1. The molecule has 0 spiro atoms. The number of benzene rings is 3. The molecule has 0 bridgehead atoms. The fourth-order valence-corrected chi connectivity index (χ4v) is 9.80. The predicted molar refractivity (Wildman–Crippen MR) is 284 cm³/mol. The summed E-state index contributed by atoms with van der Waals surface area (Å²) >= 11 is 0. The zero-order valence-corrected chi connectivity index (χ0v) is 46.7. The maximum atomic E-state index is 10.8. The second kappa shape index (κ2) is 27.8. The number of hydrogen-bond acceptors (Lipinski definition) is 13. The molecule has 0 saturated carbocycles. The average Bonchev–Trinajstić information content (AvgIpc) is 3.82. The molecule has 0 aliphatic carbocycles. The average molecular weight is 1040 g/mol. The zero-order chi connectivity index (χ0) is 51.6. The molecule has 1 N–H and O–H groups in total. The van der Waals surface area contributed by atoms with Gasteiger partial charge in [-0.25, -0.2) is 4.68 Å². The predicted octanol–water partition coefficient (Wildman–Crippen LogP) is 7.61. The molecule has 2 aliphatic rings. The Kier molecular flexibility index (Phi) is 22.0. The van der Waals surface area contributed by atoms with Gasteiger partial charge in [0.1, 0.15) is 98.6 Å². The first-order valence-corrected chi connectivity index (χ1v) is 35.2. The van der Waals surface area contributed by atoms with E-state index < -0.39 is 85.6 Å². The molecule has 2 aliphatic heterocycles. The Morgan fingerprint density at radius 1 is 0.528 bits per heavy atom. The highest BCUT2D eigenvalue weighted by atomic mass is 28.3. The standard InChI is InChI=1S/C55H75N3O11Si3/c1-60-55-53(67-39-44-27-18-13-19-28-44)51(66-38-43-25-16-12-17-26-43)49(65-37-42-23-14-11-15-24-42)47(69-55)41-61-40-45-35-58(57-56-45)54-52(64-31-22-34-72(8,9)10)50(63-30-21-33-71(5,6)7)48(46(36-59)68-54)62-29-20-32-70(2,3)4/h11-19,23-28,35,46-55,59H,29-31,36-41H2,1-10H3/t46-,47-,48-,49-,50+,51+,52-,53-,54+,55+/m1/s1. The molecule has 72 heavy (non-hydrogen) atoms. The van der Waals surface area contributed by atoms with Crippen LogP contribution in [0.1, 0.15) is 28.6 Å². The quantitative estimate of drug-likeness (QED) is 0.0610. The SMILES string of the molecule is CO[C@H]1O[C@H](COCc2cn([C@H]3O[C@H](CO)[C@@H](OCC#C[Si](C)(C)C)[C@H](OCC#C[Si](C)(C)C)[C@H]3OCC#C[Si](C)(C)C)nn2)[C@@H](OCc2ccccc2)[C@H](OCc2ccccc2)[C@H]1OCc1ccccc1. The Morgan fingerprint density at radius 3 is 1.43 bits per heavy atom. The summed E-state index contributed by atoms with van der Waals surface area (Å²) in [4.78, 5) is 0. The highest BCUT2D eigenvalue weighted by Crippen LogP contribution is 2.35. The van der Waals surface area contributed by atoms with Gasteiger partial charge in [-0.15, -0.1) is 21.7 Å². The van der Waals surface area contributed by atoms with Gasteiger partial charge < -0.3 is 52.5 Å². The van der Waals surface area contributed by atoms with Crippen LogP contribution in [0.4, 0.5) is 0 Å². The van der Waals surface area contributed by atoms with E-state index in [9.17, 15) is 5.11 Å². The Balaban J connectivity index is 1.25. The van der Waals surface area contributed by atoms with E-state index in [4.69, 9.17) is 47.4 Å². The van der Waals surface area contributed by atoms with Crippen LogP contribution in [0.2, 0.25) is 58.9 Å². The third-order valence-corrected chi connectivity index (χ3v) is 14.0.